The second-order valence-electron chi connectivity index (χ2n) is 10.9. The number of carbonyl (C=O) groups is 1. The van der Waals surface area contributed by atoms with Crippen LogP contribution in [-0.4, -0.2) is 25.1 Å². The lowest BCUT2D eigenvalue weighted by molar-refractivity contribution is 0.0982. The van der Waals surface area contributed by atoms with E-state index in [9.17, 15) is 19.5 Å². The predicted molar refractivity (Wildman–Crippen MR) is 162 cm³/mol. The minimum absolute atomic E-state index is 0.127. The van der Waals surface area contributed by atoms with E-state index < -0.39 is 24.0 Å². The number of anilines is 3. The monoisotopic (exact) mass is 572 g/mol. The highest BCUT2D eigenvalue weighted by atomic mass is 19.1. The zero-order chi connectivity index (χ0) is 30.9. The van der Waals surface area contributed by atoms with E-state index in [0.29, 0.717) is 22.3 Å². The van der Waals surface area contributed by atoms with Gasteiger partial charge in [-0.25, -0.2) is 20.0 Å². The number of pyridine rings is 1. The number of nitrogens with zero attached hydrogens (tertiary/aromatic N) is 4. The molecular formula is C31H33FN6O4. The van der Waals surface area contributed by atoms with Gasteiger partial charge in [-0.05, 0) is 46.4 Å². The highest BCUT2D eigenvalue weighted by molar-refractivity contribution is 6.08. The van der Waals surface area contributed by atoms with Gasteiger partial charge in [0.1, 0.15) is 17.3 Å². The Morgan fingerprint density at radius 1 is 1.17 bits per heavy atom. The summed E-state index contributed by atoms with van der Waals surface area (Å²) in [4.78, 5) is 42.3. The summed E-state index contributed by atoms with van der Waals surface area (Å²) in [6.07, 6.45) is 4.48. The van der Waals surface area contributed by atoms with Crippen molar-refractivity contribution >= 4 is 29.2 Å². The molecule has 2 aromatic carbocycles. The van der Waals surface area contributed by atoms with Gasteiger partial charge in [0.05, 0.1) is 17.9 Å². The van der Waals surface area contributed by atoms with E-state index in [1.807, 2.05) is 20.8 Å². The van der Waals surface area contributed by atoms with Gasteiger partial charge < -0.3 is 19.6 Å². The van der Waals surface area contributed by atoms with Crippen LogP contribution in [0.15, 0.2) is 71.0 Å². The van der Waals surface area contributed by atoms with Crippen molar-refractivity contribution in [3.05, 3.63) is 110 Å². The first kappa shape index (κ1) is 30.1. The molecule has 11 heteroatoms. The van der Waals surface area contributed by atoms with Gasteiger partial charge in [0.2, 0.25) is 0 Å². The minimum atomic E-state index is -0.825. The van der Waals surface area contributed by atoms with Gasteiger partial charge in [0.15, 0.2) is 0 Å². The Labute approximate surface area is 242 Å². The Balaban J connectivity index is 1.79. The molecule has 0 bridgehead atoms. The van der Waals surface area contributed by atoms with E-state index in [-0.39, 0.29) is 39.3 Å². The number of benzene rings is 2. The molecule has 0 fully saturated rings. The van der Waals surface area contributed by atoms with Gasteiger partial charge in [0.25, 0.3) is 11.5 Å². The van der Waals surface area contributed by atoms with Crippen molar-refractivity contribution < 1.29 is 14.3 Å². The average molecular weight is 573 g/mol. The summed E-state index contributed by atoms with van der Waals surface area (Å²) in [6.45, 7) is 9.02. The van der Waals surface area contributed by atoms with Crippen LogP contribution >= 0.6 is 0 Å². The number of hydrazine groups is 1. The summed E-state index contributed by atoms with van der Waals surface area (Å²) in [5.74, 6) is 4.90. The zero-order valence-electron chi connectivity index (χ0n) is 24.1. The van der Waals surface area contributed by atoms with Crippen LogP contribution in [-0.2, 0) is 26.1 Å². The van der Waals surface area contributed by atoms with Gasteiger partial charge in [-0.2, -0.15) is 4.98 Å². The Morgan fingerprint density at radius 2 is 1.88 bits per heavy atom. The standard InChI is InChI=1S/C31H33FN6O4/c1-7-18-13-20(31(2,3)4)15-23(32)27(18)29(41)38(33)25-10-8-9-21(22(25)17-39)19-14-24(28(40)37(6)16-19)34-26-11-12-36(5)30(42)35-26/h7-16,39H,1,17,33H2,2-6H3,(H,34,35,42). The van der Waals surface area contributed by atoms with E-state index in [4.69, 9.17) is 5.84 Å². The van der Waals surface area contributed by atoms with E-state index in [2.05, 4.69) is 16.9 Å². The normalized spacial score (nSPS) is 11.3. The molecule has 2 aromatic heterocycles. The molecule has 4 rings (SSSR count). The van der Waals surface area contributed by atoms with Crippen LogP contribution in [0, 0.1) is 5.82 Å². The third-order valence-electron chi connectivity index (χ3n) is 6.94. The van der Waals surface area contributed by atoms with Crippen LogP contribution in [0.3, 0.4) is 0 Å². The third-order valence-corrected chi connectivity index (χ3v) is 6.94. The number of amides is 1. The SMILES string of the molecule is C=Cc1cc(C(C)(C)C)cc(F)c1C(=O)N(N)c1cccc(-c2cc(Nc3ccn(C)c(=O)n3)c(=O)n(C)c2)c1CO. The molecule has 0 saturated heterocycles. The molecule has 0 aliphatic heterocycles. The number of hydrogen-bond acceptors (Lipinski definition) is 7. The van der Waals surface area contributed by atoms with Gasteiger partial charge >= 0.3 is 5.69 Å². The average Bonchev–Trinajstić information content (AvgIpc) is 2.95. The summed E-state index contributed by atoms with van der Waals surface area (Å²) in [7, 11) is 3.11. The van der Waals surface area contributed by atoms with Crippen LogP contribution in [0.5, 0.6) is 0 Å². The molecule has 0 spiro atoms. The van der Waals surface area contributed by atoms with Crippen LogP contribution in [0.1, 0.15) is 47.8 Å². The Morgan fingerprint density at radius 3 is 2.50 bits per heavy atom. The lowest BCUT2D eigenvalue weighted by Gasteiger charge is -2.25. The van der Waals surface area contributed by atoms with Crippen LogP contribution in [0.4, 0.5) is 21.6 Å². The molecule has 2 heterocycles. The second kappa shape index (κ2) is 11.6. The molecule has 0 saturated carbocycles. The fraction of sp³-hybridized carbons (Fsp3) is 0.226. The maximum atomic E-state index is 15.4. The molecule has 218 valence electrons. The van der Waals surface area contributed by atoms with Gasteiger partial charge in [-0.1, -0.05) is 51.6 Å². The molecule has 0 unspecified atom stereocenters. The topological polar surface area (TPSA) is 135 Å². The Hall–Kier alpha value is -4.87. The highest BCUT2D eigenvalue weighted by Crippen LogP contribution is 2.33. The van der Waals surface area contributed by atoms with Crippen molar-refractivity contribution in [1.82, 2.24) is 14.1 Å². The Bertz CT molecular complexity index is 1820. The van der Waals surface area contributed by atoms with Crippen LogP contribution in [0.2, 0.25) is 0 Å². The molecular weight excluding hydrogens is 539 g/mol. The van der Waals surface area contributed by atoms with E-state index in [1.54, 1.807) is 50.6 Å². The first-order valence-electron chi connectivity index (χ1n) is 13.1. The van der Waals surface area contributed by atoms with Gasteiger partial charge in [-0.3, -0.25) is 9.59 Å². The number of aryl methyl sites for hydroxylation is 2. The number of hydrogen-bond donors (Lipinski definition) is 3. The number of aliphatic hydroxyl groups is 1. The quantitative estimate of drug-likeness (QED) is 0.173. The number of nitrogens with one attached hydrogen (secondary N) is 1. The molecule has 10 nitrogen and oxygen atoms in total. The number of halogens is 1. The number of nitrogens with two attached hydrogens (primary N) is 1. The largest absolute Gasteiger partial charge is 0.392 e. The number of aromatic nitrogens is 3. The summed E-state index contributed by atoms with van der Waals surface area (Å²) < 4.78 is 18.0. The smallest absolute Gasteiger partial charge is 0.349 e. The van der Waals surface area contributed by atoms with E-state index in [0.717, 1.165) is 5.01 Å². The third kappa shape index (κ3) is 5.78. The fourth-order valence-electron chi connectivity index (χ4n) is 4.54. The maximum Gasteiger partial charge on any atom is 0.349 e. The number of carbonyl (C=O) groups excluding carboxylic acids is 1. The van der Waals surface area contributed by atoms with Gasteiger partial charge in [-0.15, -0.1) is 0 Å². The molecule has 0 radical (unpaired) electrons. The maximum absolute atomic E-state index is 15.4. The number of aliphatic hydroxyl groups excluding tert-OH is 1. The Kier molecular flexibility index (Phi) is 8.28. The molecule has 42 heavy (non-hydrogen) atoms. The van der Waals surface area contributed by atoms with Crippen molar-refractivity contribution in [1.29, 1.82) is 0 Å². The molecule has 0 atom stereocenters. The summed E-state index contributed by atoms with van der Waals surface area (Å²) in [5.41, 5.74) is 1.01. The molecule has 1 amide bonds. The van der Waals surface area contributed by atoms with E-state index >= 15 is 4.39 Å². The van der Waals surface area contributed by atoms with E-state index in [1.165, 1.54) is 33.5 Å². The first-order chi connectivity index (χ1) is 19.8. The fourth-order valence-corrected chi connectivity index (χ4v) is 4.54. The van der Waals surface area contributed by atoms with Crippen LogP contribution in [0.25, 0.3) is 17.2 Å². The second-order valence-corrected chi connectivity index (χ2v) is 10.9. The first-order valence-corrected chi connectivity index (χ1v) is 13.1. The summed E-state index contributed by atoms with van der Waals surface area (Å²) in [6, 6.07) is 11.0. The zero-order valence-corrected chi connectivity index (χ0v) is 24.1. The molecule has 4 aromatic rings. The summed E-state index contributed by atoms with van der Waals surface area (Å²) in [5, 5.41) is 14.1. The van der Waals surface area contributed by atoms with Crippen molar-refractivity contribution in [3.8, 4) is 11.1 Å². The highest BCUT2D eigenvalue weighted by Gasteiger charge is 2.27. The molecule has 0 aliphatic rings. The minimum Gasteiger partial charge on any atom is -0.392 e. The molecule has 4 N–H and O–H groups in total. The molecule has 0 aliphatic carbocycles. The predicted octanol–water partition coefficient (Wildman–Crippen LogP) is 3.98. The van der Waals surface area contributed by atoms with Crippen molar-refractivity contribution in [2.75, 3.05) is 10.3 Å². The van der Waals surface area contributed by atoms with Crippen molar-refractivity contribution in [2.45, 2.75) is 32.8 Å². The van der Waals surface area contributed by atoms with Crippen molar-refractivity contribution in [2.24, 2.45) is 19.9 Å². The summed E-state index contributed by atoms with van der Waals surface area (Å²) >= 11 is 0. The lowest BCUT2D eigenvalue weighted by Crippen LogP contribution is -2.39. The van der Waals surface area contributed by atoms with Crippen molar-refractivity contribution in [3.63, 3.8) is 0 Å². The van der Waals surface area contributed by atoms with Gasteiger partial charge in [0, 0.05) is 37.6 Å². The lowest BCUT2D eigenvalue weighted by atomic mass is 9.84. The number of rotatable bonds is 7. The van der Waals surface area contributed by atoms with Crippen LogP contribution < -0.4 is 27.4 Å².